The van der Waals surface area contributed by atoms with E-state index in [-0.39, 0.29) is 40.6 Å². The average Bonchev–Trinajstić information content (AvgIpc) is 2.82. The number of anilines is 1. The summed E-state index contributed by atoms with van der Waals surface area (Å²) in [7, 11) is 0. The molecule has 1 atom stereocenters. The molecule has 34 heavy (non-hydrogen) atoms. The number of alkyl halides is 2. The third-order valence-electron chi connectivity index (χ3n) is 5.04. The summed E-state index contributed by atoms with van der Waals surface area (Å²) < 4.78 is 66.1. The lowest BCUT2D eigenvalue weighted by atomic mass is 10.00. The average molecular weight is 477 g/mol. The topological polar surface area (TPSA) is 99.1 Å². The summed E-state index contributed by atoms with van der Waals surface area (Å²) in [5, 5.41) is 2.57. The number of nitrogens with one attached hydrogen (secondary N) is 1. The van der Waals surface area contributed by atoms with Crippen LogP contribution in [0.3, 0.4) is 0 Å². The van der Waals surface area contributed by atoms with Crippen LogP contribution in [0, 0.1) is 11.6 Å². The molecule has 1 saturated heterocycles. The summed E-state index contributed by atoms with van der Waals surface area (Å²) in [5.41, 5.74) is -0.392. The standard InChI is InChI=1S/C22H19F4N5O3/c1-2-33-21-27-8-12(9-28-21)20(32)31-19-17(14-7-13(23)3-4-15(14)24)29-11-30-18(19)16-5-6-22(25,26)10-34-16/h3-4,7-9,11,16H,2,5-6,10H2,1H3,(H,31,32). The number of carbonyl (C=O) groups is 1. The van der Waals surface area contributed by atoms with E-state index in [2.05, 4.69) is 25.3 Å². The molecule has 1 unspecified atom stereocenters. The Morgan fingerprint density at radius 3 is 2.65 bits per heavy atom. The summed E-state index contributed by atoms with van der Waals surface area (Å²) in [6.45, 7) is 1.24. The number of amides is 1. The molecule has 0 bridgehead atoms. The van der Waals surface area contributed by atoms with Crippen LogP contribution in [0.25, 0.3) is 11.3 Å². The van der Waals surface area contributed by atoms with Gasteiger partial charge in [-0.2, -0.15) is 0 Å². The zero-order chi connectivity index (χ0) is 24.3. The first kappa shape index (κ1) is 23.5. The van der Waals surface area contributed by atoms with E-state index in [1.807, 2.05) is 0 Å². The highest BCUT2D eigenvalue weighted by molar-refractivity contribution is 6.06. The van der Waals surface area contributed by atoms with Gasteiger partial charge in [-0.15, -0.1) is 0 Å². The molecule has 178 valence electrons. The van der Waals surface area contributed by atoms with Gasteiger partial charge >= 0.3 is 6.01 Å². The molecule has 1 aliphatic heterocycles. The van der Waals surface area contributed by atoms with Crippen molar-refractivity contribution in [3.8, 4) is 17.3 Å². The molecular formula is C22H19F4N5O3. The highest BCUT2D eigenvalue weighted by Gasteiger charge is 2.38. The number of rotatable bonds is 6. The molecule has 0 aliphatic carbocycles. The first-order chi connectivity index (χ1) is 16.3. The molecule has 3 heterocycles. The van der Waals surface area contributed by atoms with Crippen LogP contribution in [0.5, 0.6) is 6.01 Å². The third kappa shape index (κ3) is 5.11. The molecule has 0 radical (unpaired) electrons. The van der Waals surface area contributed by atoms with Gasteiger partial charge in [0.25, 0.3) is 11.8 Å². The SMILES string of the molecule is CCOc1ncc(C(=O)Nc2c(-c3cc(F)ccc3F)ncnc2C2CCC(F)(F)CO2)cn1. The fraction of sp³-hybridized carbons (Fsp3) is 0.318. The van der Waals surface area contributed by atoms with E-state index in [9.17, 15) is 22.4 Å². The van der Waals surface area contributed by atoms with Crippen molar-refractivity contribution in [1.29, 1.82) is 0 Å². The Balaban J connectivity index is 1.74. The number of hydrogen-bond acceptors (Lipinski definition) is 7. The molecule has 0 spiro atoms. The monoisotopic (exact) mass is 477 g/mol. The molecule has 1 amide bonds. The number of aromatic nitrogens is 4. The summed E-state index contributed by atoms with van der Waals surface area (Å²) in [6, 6.07) is 2.83. The predicted octanol–water partition coefficient (Wildman–Crippen LogP) is 4.35. The Kier molecular flexibility index (Phi) is 6.68. The van der Waals surface area contributed by atoms with Crippen LogP contribution in [0.4, 0.5) is 23.2 Å². The van der Waals surface area contributed by atoms with Crippen LogP contribution in [-0.2, 0) is 4.74 Å². The highest BCUT2D eigenvalue weighted by Crippen LogP contribution is 2.40. The number of ether oxygens (including phenoxy) is 2. The summed E-state index contributed by atoms with van der Waals surface area (Å²) in [4.78, 5) is 28.9. The first-order valence-corrected chi connectivity index (χ1v) is 10.3. The molecule has 1 fully saturated rings. The van der Waals surface area contributed by atoms with Crippen molar-refractivity contribution in [3.63, 3.8) is 0 Å². The van der Waals surface area contributed by atoms with Crippen LogP contribution >= 0.6 is 0 Å². The van der Waals surface area contributed by atoms with Crippen LogP contribution in [0.2, 0.25) is 0 Å². The molecule has 3 aromatic rings. The maximum Gasteiger partial charge on any atom is 0.316 e. The minimum Gasteiger partial charge on any atom is -0.464 e. The lowest BCUT2D eigenvalue weighted by molar-refractivity contribution is -0.146. The minimum absolute atomic E-state index is 0.0278. The quantitative estimate of drug-likeness (QED) is 0.527. The van der Waals surface area contributed by atoms with Crippen molar-refractivity contribution < 1.29 is 31.8 Å². The minimum atomic E-state index is -3.00. The fourth-order valence-electron chi connectivity index (χ4n) is 3.41. The second-order valence-corrected chi connectivity index (χ2v) is 7.44. The van der Waals surface area contributed by atoms with E-state index >= 15 is 0 Å². The van der Waals surface area contributed by atoms with E-state index in [0.29, 0.717) is 6.61 Å². The number of carbonyl (C=O) groups excluding carboxylic acids is 1. The van der Waals surface area contributed by atoms with Gasteiger partial charge in [-0.05, 0) is 31.5 Å². The van der Waals surface area contributed by atoms with Gasteiger partial charge in [0.1, 0.15) is 36.4 Å². The van der Waals surface area contributed by atoms with Crippen LogP contribution in [-0.4, -0.2) is 45.0 Å². The van der Waals surface area contributed by atoms with Crippen molar-refractivity contribution in [1.82, 2.24) is 19.9 Å². The first-order valence-electron chi connectivity index (χ1n) is 10.3. The lowest BCUT2D eigenvalue weighted by Gasteiger charge is -2.29. The van der Waals surface area contributed by atoms with Gasteiger partial charge in [0.05, 0.1) is 23.6 Å². The van der Waals surface area contributed by atoms with E-state index in [0.717, 1.165) is 24.5 Å². The third-order valence-corrected chi connectivity index (χ3v) is 5.04. The van der Waals surface area contributed by atoms with E-state index in [1.54, 1.807) is 6.92 Å². The van der Waals surface area contributed by atoms with Gasteiger partial charge in [0, 0.05) is 24.4 Å². The Labute approximate surface area is 191 Å². The number of nitrogens with zero attached hydrogens (tertiary/aromatic N) is 4. The second-order valence-electron chi connectivity index (χ2n) is 7.44. The normalized spacial score (nSPS) is 17.3. The Hall–Kier alpha value is -3.67. The summed E-state index contributed by atoms with van der Waals surface area (Å²) in [6.07, 6.45) is 2.01. The molecule has 4 rings (SSSR count). The van der Waals surface area contributed by atoms with Gasteiger partial charge in [-0.1, -0.05) is 0 Å². The zero-order valence-electron chi connectivity index (χ0n) is 17.9. The fourth-order valence-corrected chi connectivity index (χ4v) is 3.41. The van der Waals surface area contributed by atoms with Crippen molar-refractivity contribution in [2.75, 3.05) is 18.5 Å². The molecule has 1 N–H and O–H groups in total. The summed E-state index contributed by atoms with van der Waals surface area (Å²) >= 11 is 0. The van der Waals surface area contributed by atoms with Crippen molar-refractivity contribution >= 4 is 11.6 Å². The summed E-state index contributed by atoms with van der Waals surface area (Å²) in [5.74, 6) is -5.24. The van der Waals surface area contributed by atoms with Crippen LogP contribution in [0.1, 0.15) is 41.9 Å². The molecule has 1 aromatic carbocycles. The van der Waals surface area contributed by atoms with E-state index < -0.39 is 42.6 Å². The van der Waals surface area contributed by atoms with Gasteiger partial charge in [0.2, 0.25) is 0 Å². The maximum atomic E-state index is 14.6. The molecule has 8 nitrogen and oxygen atoms in total. The Bertz CT molecular complexity index is 1180. The zero-order valence-corrected chi connectivity index (χ0v) is 17.9. The van der Waals surface area contributed by atoms with Gasteiger partial charge in [-0.3, -0.25) is 4.79 Å². The van der Waals surface area contributed by atoms with E-state index in [4.69, 9.17) is 9.47 Å². The van der Waals surface area contributed by atoms with Crippen molar-refractivity contribution in [2.24, 2.45) is 0 Å². The Morgan fingerprint density at radius 1 is 1.21 bits per heavy atom. The van der Waals surface area contributed by atoms with Crippen LogP contribution < -0.4 is 10.1 Å². The van der Waals surface area contributed by atoms with Crippen molar-refractivity contribution in [2.45, 2.75) is 31.8 Å². The molecule has 0 saturated carbocycles. The lowest BCUT2D eigenvalue weighted by Crippen LogP contribution is -2.32. The van der Waals surface area contributed by atoms with Crippen molar-refractivity contribution in [3.05, 3.63) is 59.8 Å². The largest absolute Gasteiger partial charge is 0.464 e. The van der Waals surface area contributed by atoms with E-state index in [1.165, 1.54) is 12.4 Å². The van der Waals surface area contributed by atoms with Crippen LogP contribution in [0.15, 0.2) is 36.9 Å². The molecular weight excluding hydrogens is 458 g/mol. The maximum absolute atomic E-state index is 14.6. The molecule has 2 aromatic heterocycles. The Morgan fingerprint density at radius 2 is 1.97 bits per heavy atom. The van der Waals surface area contributed by atoms with Gasteiger partial charge in [-0.25, -0.2) is 37.5 Å². The number of hydrogen-bond donors (Lipinski definition) is 1. The van der Waals surface area contributed by atoms with Gasteiger partial charge in [0.15, 0.2) is 0 Å². The number of benzene rings is 1. The van der Waals surface area contributed by atoms with Gasteiger partial charge < -0.3 is 14.8 Å². The molecule has 1 aliphatic rings. The predicted molar refractivity (Wildman–Crippen MR) is 111 cm³/mol. The smallest absolute Gasteiger partial charge is 0.316 e. The second kappa shape index (κ2) is 9.67. The highest BCUT2D eigenvalue weighted by atomic mass is 19.3. The number of halogens is 4. The molecule has 12 heteroatoms.